The highest BCUT2D eigenvalue weighted by Crippen LogP contribution is 2.35. The molecule has 3 atom stereocenters. The standard InChI is InChI=1S/C29H39ClN8O3.C6H11NO/c1-20(14-32-19-33-18-31)40-26-13-21(9-10-24(26)30)22-15-34-28(35-16-22)36-25-17-38(23-7-5-4-6-8-23)37-27(25)41-29(2,3)11-12-39;1-2-6-4-8-3-5(1)7-6/h9-10,13,15-20,23,39H,4-8,11-12,14H2,1-3H3,(H2,31,32,33)(H,34,35,36);5-7H,1-4H2/t20-;/m0./s1. The van der Waals surface area contributed by atoms with E-state index in [1.54, 1.807) is 18.5 Å². The number of nitrogens with zero attached hydrogens (tertiary/aromatic N) is 6. The first-order chi connectivity index (χ1) is 23.7. The first-order valence-electron chi connectivity index (χ1n) is 17.2. The van der Waals surface area contributed by atoms with Gasteiger partial charge in [0.2, 0.25) is 5.95 Å². The van der Waals surface area contributed by atoms with Gasteiger partial charge in [-0.1, -0.05) is 36.9 Å². The summed E-state index contributed by atoms with van der Waals surface area (Å²) in [7, 11) is 0. The van der Waals surface area contributed by atoms with Gasteiger partial charge in [-0.05, 0) is 64.2 Å². The fourth-order valence-corrected chi connectivity index (χ4v) is 6.30. The third-order valence-electron chi connectivity index (χ3n) is 8.79. The van der Waals surface area contributed by atoms with Gasteiger partial charge in [0.15, 0.2) is 0 Å². The molecule has 2 unspecified atom stereocenters. The van der Waals surface area contributed by atoms with E-state index in [1.807, 2.05) is 43.8 Å². The summed E-state index contributed by atoms with van der Waals surface area (Å²) in [6.45, 7) is 8.08. The Labute approximate surface area is 293 Å². The average molecular weight is 696 g/mol. The molecule has 6 rings (SSSR count). The van der Waals surface area contributed by atoms with E-state index in [2.05, 4.69) is 30.6 Å². The van der Waals surface area contributed by atoms with Crippen LogP contribution in [-0.2, 0) is 4.74 Å². The maximum atomic E-state index is 9.47. The van der Waals surface area contributed by atoms with Crippen molar-refractivity contribution in [3.63, 3.8) is 0 Å². The maximum Gasteiger partial charge on any atom is 0.257 e. The second-order valence-electron chi connectivity index (χ2n) is 13.4. The van der Waals surface area contributed by atoms with E-state index in [4.69, 9.17) is 36.6 Å². The molecule has 2 aromatic heterocycles. The van der Waals surface area contributed by atoms with Crippen LogP contribution in [0.4, 0.5) is 11.6 Å². The monoisotopic (exact) mass is 695 g/mol. The van der Waals surface area contributed by atoms with Crippen molar-refractivity contribution in [1.29, 1.82) is 0 Å². The summed E-state index contributed by atoms with van der Waals surface area (Å²) in [5.74, 6) is 1.42. The predicted molar refractivity (Wildman–Crippen MR) is 193 cm³/mol. The van der Waals surface area contributed by atoms with Crippen LogP contribution in [0, 0.1) is 0 Å². The number of aromatic nitrogens is 4. The van der Waals surface area contributed by atoms with E-state index in [-0.39, 0.29) is 12.7 Å². The highest BCUT2D eigenvalue weighted by molar-refractivity contribution is 6.32. The quantitative estimate of drug-likeness (QED) is 0.129. The summed E-state index contributed by atoms with van der Waals surface area (Å²) in [5, 5.41) is 21.5. The summed E-state index contributed by atoms with van der Waals surface area (Å²) < 4.78 is 19.5. The molecule has 3 aromatic rings. The number of morpholine rings is 1. The number of hydrogen-bond acceptors (Lipinski definition) is 10. The van der Waals surface area contributed by atoms with Crippen LogP contribution in [0.1, 0.15) is 78.2 Å². The van der Waals surface area contributed by atoms with Crippen molar-refractivity contribution in [2.75, 3.05) is 31.7 Å². The topological polar surface area (TPSA) is 166 Å². The molecule has 1 aliphatic carbocycles. The number of hydrogen-bond donors (Lipinski definition) is 4. The van der Waals surface area contributed by atoms with Gasteiger partial charge in [0.25, 0.3) is 5.88 Å². The van der Waals surface area contributed by atoms with Crippen molar-refractivity contribution < 1.29 is 19.3 Å². The Morgan fingerprint density at radius 2 is 1.88 bits per heavy atom. The van der Waals surface area contributed by atoms with Gasteiger partial charge in [-0.25, -0.2) is 15.0 Å². The van der Waals surface area contributed by atoms with Crippen molar-refractivity contribution >= 4 is 35.9 Å². The normalized spacial score (nSPS) is 20.3. The molecule has 14 heteroatoms. The zero-order chi connectivity index (χ0) is 34.6. The van der Waals surface area contributed by atoms with Crippen molar-refractivity contribution in [1.82, 2.24) is 25.1 Å². The van der Waals surface area contributed by atoms with Crippen LogP contribution in [0.5, 0.6) is 11.6 Å². The van der Waals surface area contributed by atoms with Crippen LogP contribution in [0.25, 0.3) is 11.1 Å². The number of fused-ring (bicyclic) bond motifs is 2. The van der Waals surface area contributed by atoms with E-state index in [0.717, 1.165) is 37.2 Å². The average Bonchev–Trinajstić information content (AvgIpc) is 3.65. The molecule has 4 heterocycles. The lowest BCUT2D eigenvalue weighted by Crippen LogP contribution is -2.41. The van der Waals surface area contributed by atoms with Gasteiger partial charge in [0, 0.05) is 43.1 Å². The number of nitrogens with one attached hydrogen (secondary N) is 2. The second-order valence-corrected chi connectivity index (χ2v) is 13.8. The number of ether oxygens (including phenoxy) is 3. The Morgan fingerprint density at radius 1 is 1.14 bits per heavy atom. The predicted octanol–water partition coefficient (Wildman–Crippen LogP) is 5.70. The number of anilines is 2. The minimum atomic E-state index is -0.585. The Kier molecular flexibility index (Phi) is 13.2. The third kappa shape index (κ3) is 10.9. The smallest absolute Gasteiger partial charge is 0.257 e. The van der Waals surface area contributed by atoms with Crippen LogP contribution in [0.2, 0.25) is 5.02 Å². The summed E-state index contributed by atoms with van der Waals surface area (Å²) in [6, 6.07) is 7.24. The van der Waals surface area contributed by atoms with Crippen molar-refractivity contribution in [3.05, 3.63) is 41.8 Å². The number of aliphatic hydroxyl groups excluding tert-OH is 1. The lowest BCUT2D eigenvalue weighted by molar-refractivity contribution is 0.0710. The Bertz CT molecular complexity index is 1510. The van der Waals surface area contributed by atoms with Crippen LogP contribution in [0.15, 0.2) is 46.8 Å². The van der Waals surface area contributed by atoms with Gasteiger partial charge in [0.1, 0.15) is 29.5 Å². The lowest BCUT2D eigenvalue weighted by Gasteiger charge is -2.25. The minimum absolute atomic E-state index is 0.0256. The molecule has 0 amide bonds. The van der Waals surface area contributed by atoms with E-state index >= 15 is 0 Å². The molecule has 13 nitrogen and oxygen atoms in total. The molecule has 1 aromatic carbocycles. The molecule has 2 aliphatic heterocycles. The second kappa shape index (κ2) is 17.7. The third-order valence-corrected chi connectivity index (χ3v) is 9.11. The minimum Gasteiger partial charge on any atom is -0.487 e. The van der Waals surface area contributed by atoms with E-state index < -0.39 is 5.60 Å². The number of aliphatic imine (C=N–C) groups is 2. The highest BCUT2D eigenvalue weighted by Gasteiger charge is 2.28. The molecule has 5 N–H and O–H groups in total. The van der Waals surface area contributed by atoms with E-state index in [1.165, 1.54) is 44.8 Å². The molecule has 49 heavy (non-hydrogen) atoms. The SMILES string of the molecule is C1CC2COCC1N2.C[C@@H](CN=CN=CN)Oc1cc(-c2cnc(Nc3cn(C4CCCCC4)nc3OC(C)(C)CCO)nc2)ccc1Cl. The Balaban J connectivity index is 0.000000505. The van der Waals surface area contributed by atoms with Gasteiger partial charge in [-0.2, -0.15) is 0 Å². The zero-order valence-electron chi connectivity index (χ0n) is 28.7. The van der Waals surface area contributed by atoms with E-state index in [9.17, 15) is 5.11 Å². The molecule has 3 aliphatic rings. The summed E-state index contributed by atoms with van der Waals surface area (Å²) in [4.78, 5) is 17.0. The zero-order valence-corrected chi connectivity index (χ0v) is 29.5. The van der Waals surface area contributed by atoms with Crippen LogP contribution in [-0.4, -0.2) is 87.7 Å². The Hall–Kier alpha value is -3.78. The number of nitrogens with two attached hydrogens (primary N) is 1. The van der Waals surface area contributed by atoms with Gasteiger partial charge < -0.3 is 35.7 Å². The molecule has 0 spiro atoms. The first-order valence-corrected chi connectivity index (χ1v) is 17.6. The first kappa shape index (κ1) is 36.5. The summed E-state index contributed by atoms with van der Waals surface area (Å²) in [5.41, 5.74) is 6.98. The molecule has 266 valence electrons. The van der Waals surface area contributed by atoms with E-state index in [0.29, 0.717) is 59.4 Å². The van der Waals surface area contributed by atoms with Crippen LogP contribution < -0.4 is 25.8 Å². The van der Waals surface area contributed by atoms with Crippen LogP contribution >= 0.6 is 11.6 Å². The van der Waals surface area contributed by atoms with Gasteiger partial charge in [-0.3, -0.25) is 9.67 Å². The molecule has 1 saturated carbocycles. The molecular weight excluding hydrogens is 646 g/mol. The molecule has 2 bridgehead atoms. The fourth-order valence-electron chi connectivity index (χ4n) is 6.14. The number of benzene rings is 1. The summed E-state index contributed by atoms with van der Waals surface area (Å²) in [6.07, 6.45) is 16.7. The molecule has 0 radical (unpaired) electrons. The van der Waals surface area contributed by atoms with Gasteiger partial charge >= 0.3 is 0 Å². The van der Waals surface area contributed by atoms with Gasteiger partial charge in [-0.15, -0.1) is 5.10 Å². The van der Waals surface area contributed by atoms with Gasteiger partial charge in [0.05, 0.1) is 43.4 Å². The number of rotatable bonds is 13. The molecule has 2 saturated heterocycles. The largest absolute Gasteiger partial charge is 0.487 e. The number of aliphatic hydroxyl groups is 1. The number of halogens is 1. The summed E-state index contributed by atoms with van der Waals surface area (Å²) >= 11 is 6.39. The van der Waals surface area contributed by atoms with Crippen molar-refractivity contribution in [2.45, 2.75) is 102 Å². The van der Waals surface area contributed by atoms with Crippen LogP contribution in [0.3, 0.4) is 0 Å². The molecular formula is C35H50ClN9O4. The molecule has 3 fully saturated rings. The van der Waals surface area contributed by atoms with Crippen molar-refractivity contribution in [3.8, 4) is 22.8 Å². The lowest BCUT2D eigenvalue weighted by atomic mass is 9.96. The highest BCUT2D eigenvalue weighted by atomic mass is 35.5. The Morgan fingerprint density at radius 3 is 2.55 bits per heavy atom. The maximum absolute atomic E-state index is 9.47. The van der Waals surface area contributed by atoms with Crippen molar-refractivity contribution in [2.24, 2.45) is 15.7 Å². The fraction of sp³-hybridized carbons (Fsp3) is 0.571.